The Morgan fingerprint density at radius 3 is 2.45 bits per heavy atom. The molecule has 1 fully saturated rings. The quantitative estimate of drug-likeness (QED) is 0.915. The molecule has 1 saturated carbocycles. The second-order valence-corrected chi connectivity index (χ2v) is 7.77. The molecule has 1 aromatic heterocycles. The van der Waals surface area contributed by atoms with Gasteiger partial charge in [0.15, 0.2) is 0 Å². The Hall–Kier alpha value is -0.830. The van der Waals surface area contributed by atoms with Crippen LogP contribution in [-0.2, 0) is 13.0 Å². The van der Waals surface area contributed by atoms with Gasteiger partial charge in [0.2, 0.25) is 0 Å². The fourth-order valence-corrected chi connectivity index (χ4v) is 3.61. The highest BCUT2D eigenvalue weighted by Crippen LogP contribution is 2.41. The van der Waals surface area contributed by atoms with E-state index in [-0.39, 0.29) is 5.54 Å². The first kappa shape index (κ1) is 15.6. The first-order valence-corrected chi connectivity index (χ1v) is 8.06. The third kappa shape index (κ3) is 3.43. The maximum absolute atomic E-state index is 6.69. The average molecular weight is 277 g/mol. The molecule has 1 aliphatic rings. The number of hydrogen-bond donors (Lipinski definition) is 1. The van der Waals surface area contributed by atoms with E-state index < -0.39 is 0 Å². The van der Waals surface area contributed by atoms with Crippen LogP contribution in [0.4, 0.5) is 0 Å². The fourth-order valence-electron chi connectivity index (χ4n) is 3.61. The van der Waals surface area contributed by atoms with Crippen LogP contribution in [0.25, 0.3) is 0 Å². The zero-order chi connectivity index (χ0) is 15.0. The zero-order valence-corrected chi connectivity index (χ0v) is 13.9. The van der Waals surface area contributed by atoms with E-state index in [0.717, 1.165) is 37.4 Å². The maximum Gasteiger partial charge on any atom is 0.0596 e. The summed E-state index contributed by atoms with van der Waals surface area (Å²) in [6, 6.07) is 2.20. The van der Waals surface area contributed by atoms with Crippen molar-refractivity contribution in [3.63, 3.8) is 0 Å². The highest BCUT2D eigenvalue weighted by molar-refractivity contribution is 5.13. The molecule has 0 radical (unpaired) electrons. The van der Waals surface area contributed by atoms with Gasteiger partial charge in [-0.1, -0.05) is 20.8 Å². The van der Waals surface area contributed by atoms with Crippen molar-refractivity contribution in [3.05, 3.63) is 17.5 Å². The number of nitrogens with zero attached hydrogens (tertiary/aromatic N) is 2. The normalized spacial score (nSPS) is 27.8. The van der Waals surface area contributed by atoms with Crippen LogP contribution in [0.1, 0.15) is 64.8 Å². The van der Waals surface area contributed by atoms with E-state index in [1.165, 1.54) is 18.5 Å². The van der Waals surface area contributed by atoms with Gasteiger partial charge in [-0.15, -0.1) is 0 Å². The van der Waals surface area contributed by atoms with Gasteiger partial charge < -0.3 is 5.73 Å². The molecule has 3 nitrogen and oxygen atoms in total. The topological polar surface area (TPSA) is 43.8 Å². The largest absolute Gasteiger partial charge is 0.325 e. The van der Waals surface area contributed by atoms with Gasteiger partial charge in [0.25, 0.3) is 0 Å². The predicted octanol–water partition coefficient (Wildman–Crippen LogP) is 3.69. The molecule has 1 heterocycles. The van der Waals surface area contributed by atoms with Crippen LogP contribution < -0.4 is 5.73 Å². The number of aromatic nitrogens is 2. The molecule has 0 aliphatic heterocycles. The predicted molar refractivity (Wildman–Crippen MR) is 84.7 cm³/mol. The monoisotopic (exact) mass is 277 g/mol. The summed E-state index contributed by atoms with van der Waals surface area (Å²) in [5.41, 5.74) is 9.49. The minimum atomic E-state index is -0.0266. The molecule has 114 valence electrons. The second kappa shape index (κ2) is 5.51. The Bertz CT molecular complexity index is 445. The molecule has 1 aliphatic carbocycles. The Labute approximate surface area is 123 Å². The van der Waals surface area contributed by atoms with Crippen LogP contribution in [-0.4, -0.2) is 15.3 Å². The second-order valence-electron chi connectivity index (χ2n) is 7.77. The molecule has 0 amide bonds. The van der Waals surface area contributed by atoms with Crippen LogP contribution >= 0.6 is 0 Å². The third-order valence-electron chi connectivity index (χ3n) is 5.02. The molecule has 0 bridgehead atoms. The van der Waals surface area contributed by atoms with Crippen LogP contribution in [0.5, 0.6) is 0 Å². The van der Waals surface area contributed by atoms with Crippen LogP contribution in [0, 0.1) is 18.3 Å². The third-order valence-corrected chi connectivity index (χ3v) is 5.02. The lowest BCUT2D eigenvalue weighted by molar-refractivity contribution is 0.133. The number of nitrogens with two attached hydrogens (primary N) is 1. The highest BCUT2D eigenvalue weighted by Gasteiger charge is 2.36. The molecule has 20 heavy (non-hydrogen) atoms. The molecular weight excluding hydrogens is 246 g/mol. The molecule has 0 unspecified atom stereocenters. The van der Waals surface area contributed by atoms with E-state index in [1.54, 1.807) is 0 Å². The Morgan fingerprint density at radius 1 is 1.35 bits per heavy atom. The van der Waals surface area contributed by atoms with Gasteiger partial charge in [0.05, 0.1) is 5.69 Å². The average Bonchev–Trinajstić information content (AvgIpc) is 2.68. The Kier molecular flexibility index (Phi) is 4.29. The standard InChI is InChI=1S/C17H31N3/c1-6-20-15(11-13(2)19-20)12-17(18)9-7-14(8-10-17)16(3,4)5/h11,14H,6-10,12,18H2,1-5H3. The van der Waals surface area contributed by atoms with Crippen molar-refractivity contribution in [1.82, 2.24) is 9.78 Å². The van der Waals surface area contributed by atoms with Crippen molar-refractivity contribution < 1.29 is 0 Å². The Morgan fingerprint density at radius 2 is 1.95 bits per heavy atom. The molecule has 0 aromatic carbocycles. The van der Waals surface area contributed by atoms with Gasteiger partial charge in [0.1, 0.15) is 0 Å². The molecule has 2 rings (SSSR count). The number of rotatable bonds is 3. The zero-order valence-electron chi connectivity index (χ0n) is 13.9. The molecule has 0 saturated heterocycles. The summed E-state index contributed by atoms with van der Waals surface area (Å²) in [6.45, 7) is 12.2. The van der Waals surface area contributed by atoms with Crippen LogP contribution in [0.3, 0.4) is 0 Å². The van der Waals surface area contributed by atoms with Crippen molar-refractivity contribution >= 4 is 0 Å². The summed E-state index contributed by atoms with van der Waals surface area (Å²) in [4.78, 5) is 0. The molecular formula is C17H31N3. The summed E-state index contributed by atoms with van der Waals surface area (Å²) in [6.07, 6.45) is 5.78. The van der Waals surface area contributed by atoms with Gasteiger partial charge in [-0.2, -0.15) is 5.10 Å². The van der Waals surface area contributed by atoms with Gasteiger partial charge in [-0.05, 0) is 56.9 Å². The van der Waals surface area contributed by atoms with E-state index in [1.807, 2.05) is 0 Å². The van der Waals surface area contributed by atoms with E-state index in [9.17, 15) is 0 Å². The van der Waals surface area contributed by atoms with E-state index in [4.69, 9.17) is 5.73 Å². The smallest absolute Gasteiger partial charge is 0.0596 e. The van der Waals surface area contributed by atoms with Crippen molar-refractivity contribution in [2.75, 3.05) is 0 Å². The van der Waals surface area contributed by atoms with Crippen molar-refractivity contribution in [3.8, 4) is 0 Å². The lowest BCUT2D eigenvalue weighted by Gasteiger charge is -2.42. The molecule has 3 heteroatoms. The van der Waals surface area contributed by atoms with Crippen LogP contribution in [0.2, 0.25) is 0 Å². The van der Waals surface area contributed by atoms with Gasteiger partial charge >= 0.3 is 0 Å². The van der Waals surface area contributed by atoms with Gasteiger partial charge in [-0.3, -0.25) is 4.68 Å². The number of hydrogen-bond acceptors (Lipinski definition) is 2. The minimum Gasteiger partial charge on any atom is -0.325 e. The summed E-state index contributed by atoms with van der Waals surface area (Å²) in [5.74, 6) is 0.817. The molecule has 1 aromatic rings. The fraction of sp³-hybridized carbons (Fsp3) is 0.824. The van der Waals surface area contributed by atoms with E-state index in [0.29, 0.717) is 5.41 Å². The van der Waals surface area contributed by atoms with Crippen LogP contribution in [0.15, 0.2) is 6.07 Å². The van der Waals surface area contributed by atoms with Gasteiger partial charge in [-0.25, -0.2) is 0 Å². The molecule has 0 spiro atoms. The van der Waals surface area contributed by atoms with Crippen molar-refractivity contribution in [2.45, 2.75) is 78.8 Å². The Balaban J connectivity index is 2.03. The lowest BCUT2D eigenvalue weighted by Crippen LogP contribution is -2.47. The summed E-state index contributed by atoms with van der Waals surface area (Å²) in [7, 11) is 0. The maximum atomic E-state index is 6.69. The SMILES string of the molecule is CCn1nc(C)cc1CC1(N)CCC(C(C)(C)C)CC1. The van der Waals surface area contributed by atoms with E-state index >= 15 is 0 Å². The summed E-state index contributed by atoms with van der Waals surface area (Å²) >= 11 is 0. The minimum absolute atomic E-state index is 0.0266. The van der Waals surface area contributed by atoms with Crippen molar-refractivity contribution in [2.24, 2.45) is 17.1 Å². The molecule has 2 N–H and O–H groups in total. The summed E-state index contributed by atoms with van der Waals surface area (Å²) < 4.78 is 2.11. The molecule has 0 atom stereocenters. The van der Waals surface area contributed by atoms with Gasteiger partial charge in [0, 0.05) is 24.2 Å². The van der Waals surface area contributed by atoms with E-state index in [2.05, 4.69) is 50.5 Å². The highest BCUT2D eigenvalue weighted by atomic mass is 15.3. The number of aryl methyl sites for hydroxylation is 2. The summed E-state index contributed by atoms with van der Waals surface area (Å²) in [5, 5.41) is 4.54. The first-order valence-electron chi connectivity index (χ1n) is 8.06. The lowest BCUT2D eigenvalue weighted by atomic mass is 9.66. The van der Waals surface area contributed by atoms with Crippen molar-refractivity contribution in [1.29, 1.82) is 0 Å². The first-order chi connectivity index (χ1) is 9.23.